The maximum absolute atomic E-state index is 9.13. The van der Waals surface area contributed by atoms with Crippen molar-refractivity contribution >= 4 is 110 Å². The van der Waals surface area contributed by atoms with Crippen LogP contribution in [0, 0.1) is 0 Å². The molecule has 2 aliphatic carbocycles. The summed E-state index contributed by atoms with van der Waals surface area (Å²) >= 11 is 3.62. The molecule has 18 aromatic rings. The Labute approximate surface area is 603 Å². The first-order chi connectivity index (χ1) is 50.0. The maximum atomic E-state index is 9.13. The molecule has 0 unspecified atom stereocenters. The SMILES string of the molecule is CC1(C)c2ccc(-c3cccc(-c4c5ccccc5c(-c5cccc6ccccc56)c5ccccc45)c3)cc2-c2c1ccc1ccccc21.CC1(C)c2ccc(Br)cc2-c2c1ccc1ccccc21.O[B]Oc1cccc(-c2c3ccccc3c(-c3cccc4ccccc34)c3ccccc23)c1. The molecular weight excluding hydrogens is 1300 g/mol. The van der Waals surface area contributed by atoms with Gasteiger partial charge in [-0.25, -0.2) is 0 Å². The molecule has 1 radical (unpaired) electrons. The van der Waals surface area contributed by atoms with E-state index in [0.717, 1.165) is 23.3 Å². The maximum Gasteiger partial charge on any atom is 0.569 e. The van der Waals surface area contributed by atoms with E-state index in [9.17, 15) is 0 Å². The Morgan fingerprint density at radius 1 is 0.245 bits per heavy atom. The number of benzene rings is 18. The summed E-state index contributed by atoms with van der Waals surface area (Å²) in [7, 11) is 0.721. The van der Waals surface area contributed by atoms with Crippen LogP contribution in [0.2, 0.25) is 0 Å². The van der Waals surface area contributed by atoms with Crippen LogP contribution < -0.4 is 4.65 Å². The lowest BCUT2D eigenvalue weighted by molar-refractivity contribution is 0.454. The van der Waals surface area contributed by atoms with Crippen LogP contribution in [-0.2, 0) is 10.8 Å². The lowest BCUT2D eigenvalue weighted by atomic mass is 9.81. The van der Waals surface area contributed by atoms with E-state index in [1.165, 1.54) is 175 Å². The van der Waals surface area contributed by atoms with Gasteiger partial charge in [-0.1, -0.05) is 347 Å². The minimum absolute atomic E-state index is 0.0429. The van der Waals surface area contributed by atoms with E-state index in [-0.39, 0.29) is 10.8 Å². The average molecular weight is 1370 g/mol. The van der Waals surface area contributed by atoms with E-state index in [1.807, 2.05) is 18.2 Å². The highest BCUT2D eigenvalue weighted by Gasteiger charge is 2.38. The van der Waals surface area contributed by atoms with Gasteiger partial charge >= 0.3 is 7.69 Å². The van der Waals surface area contributed by atoms with Crippen molar-refractivity contribution in [2.75, 3.05) is 0 Å². The van der Waals surface area contributed by atoms with Crippen LogP contribution in [0.1, 0.15) is 49.9 Å². The highest BCUT2D eigenvalue weighted by atomic mass is 79.9. The smallest absolute Gasteiger partial charge is 0.537 e. The van der Waals surface area contributed by atoms with Gasteiger partial charge in [-0.15, -0.1) is 0 Å². The average Bonchev–Trinajstić information content (AvgIpc) is 1.42. The van der Waals surface area contributed by atoms with Crippen molar-refractivity contribution in [3.05, 3.63) is 366 Å². The monoisotopic (exact) mass is 1370 g/mol. The Bertz CT molecular complexity index is 6310. The summed E-state index contributed by atoms with van der Waals surface area (Å²) in [5.41, 5.74) is 23.5. The van der Waals surface area contributed by atoms with Crippen LogP contribution in [0.25, 0.3) is 164 Å². The van der Waals surface area contributed by atoms with Gasteiger partial charge in [0.1, 0.15) is 5.75 Å². The molecule has 0 bridgehead atoms. The van der Waals surface area contributed by atoms with E-state index in [1.54, 1.807) is 0 Å². The van der Waals surface area contributed by atoms with Gasteiger partial charge in [0.25, 0.3) is 0 Å². The predicted octanol–water partition coefficient (Wildman–Crippen LogP) is 26.9. The topological polar surface area (TPSA) is 29.5 Å². The molecule has 0 atom stereocenters. The highest BCUT2D eigenvalue weighted by Crippen LogP contribution is 2.55. The molecule has 2 aliphatic rings. The fourth-order valence-electron chi connectivity index (χ4n) is 17.2. The van der Waals surface area contributed by atoms with Crippen LogP contribution >= 0.6 is 15.9 Å². The molecule has 1 N–H and O–H groups in total. The van der Waals surface area contributed by atoms with Crippen LogP contribution in [-0.4, -0.2) is 12.7 Å². The molecule has 483 valence electrons. The van der Waals surface area contributed by atoms with Crippen LogP contribution in [0.3, 0.4) is 0 Å². The fraction of sp³-hybridized carbons (Fsp3) is 0.0612. The number of rotatable bonds is 7. The third-order valence-electron chi connectivity index (χ3n) is 21.9. The minimum Gasteiger partial charge on any atom is -0.537 e. The standard InChI is InChI=1S/C49H34.C30H20BO2.C19H15Br/c1-49(2)44-27-26-34(30-43(44)48-37-19-6-4-14-32(37)25-28-45(48)49)33-16-11-17-35(29-33)46-39-20-7-9-22-41(39)47(42-23-10-8-21-40(42)46)38-24-12-15-31-13-3-5-18-36(31)38;32-31-33-22-12-7-11-21(19-22)29-25-14-3-5-16-27(25)30(28-17-6-4-15-26(28)29)24-18-8-10-20-9-1-2-13-23(20)24;1-19(2)16-10-8-13(20)11-15(16)18-14-6-4-3-5-12(14)7-9-17(18)19/h3-30H,1-2H3;1-19,32H;3-11H,1-2H3. The third kappa shape index (κ3) is 10.3. The van der Waals surface area contributed by atoms with Crippen molar-refractivity contribution in [1.82, 2.24) is 0 Å². The first kappa shape index (κ1) is 62.6. The minimum atomic E-state index is -0.0429. The third-order valence-corrected chi connectivity index (χ3v) is 22.4. The molecule has 0 saturated heterocycles. The van der Waals surface area contributed by atoms with Gasteiger partial charge in [-0.05, 0) is 223 Å². The van der Waals surface area contributed by atoms with Crippen molar-refractivity contribution < 1.29 is 9.68 Å². The van der Waals surface area contributed by atoms with Gasteiger partial charge in [-0.3, -0.25) is 0 Å². The molecule has 0 amide bonds. The summed E-state index contributed by atoms with van der Waals surface area (Å²) in [6.07, 6.45) is 0. The second kappa shape index (κ2) is 25.2. The molecule has 4 heteroatoms. The van der Waals surface area contributed by atoms with Crippen LogP contribution in [0.15, 0.2) is 344 Å². The summed E-state index contributed by atoms with van der Waals surface area (Å²) < 4.78 is 6.41. The molecule has 0 heterocycles. The zero-order chi connectivity index (χ0) is 68.8. The van der Waals surface area contributed by atoms with Gasteiger partial charge in [0, 0.05) is 15.3 Å². The summed E-state index contributed by atoms with van der Waals surface area (Å²) in [6.45, 7) is 9.37. The highest BCUT2D eigenvalue weighted by molar-refractivity contribution is 9.10. The number of hydrogen-bond donors (Lipinski definition) is 1. The molecule has 0 aliphatic heterocycles. The van der Waals surface area contributed by atoms with Crippen LogP contribution in [0.5, 0.6) is 5.75 Å². The summed E-state index contributed by atoms with van der Waals surface area (Å²) in [5.74, 6) is 0.598. The van der Waals surface area contributed by atoms with Crippen molar-refractivity contribution in [2.45, 2.75) is 38.5 Å². The van der Waals surface area contributed by atoms with E-state index in [2.05, 4.69) is 365 Å². The van der Waals surface area contributed by atoms with E-state index in [0.29, 0.717) is 5.75 Å². The van der Waals surface area contributed by atoms with Gasteiger partial charge in [-0.2, -0.15) is 0 Å². The molecule has 2 nitrogen and oxygen atoms in total. The van der Waals surface area contributed by atoms with E-state index >= 15 is 0 Å². The Balaban J connectivity index is 0.000000121. The number of fused-ring (bicyclic) bond motifs is 16. The van der Waals surface area contributed by atoms with E-state index in [4.69, 9.17) is 9.68 Å². The summed E-state index contributed by atoms with van der Waals surface area (Å²) in [6, 6.07) is 123. The van der Waals surface area contributed by atoms with Crippen molar-refractivity contribution in [2.24, 2.45) is 0 Å². The van der Waals surface area contributed by atoms with Crippen LogP contribution in [0.4, 0.5) is 0 Å². The predicted molar refractivity (Wildman–Crippen MR) is 438 cm³/mol. The molecular formula is C98H69BBrO2. The molecule has 0 aromatic heterocycles. The van der Waals surface area contributed by atoms with Gasteiger partial charge in [0.05, 0.1) is 0 Å². The molecule has 0 spiro atoms. The zero-order valence-electron chi connectivity index (χ0n) is 57.1. The Morgan fingerprint density at radius 2 is 0.569 bits per heavy atom. The number of hydrogen-bond acceptors (Lipinski definition) is 2. The Hall–Kier alpha value is -11.7. The normalized spacial score (nSPS) is 13.0. The lowest BCUT2D eigenvalue weighted by Gasteiger charge is -2.21. The Morgan fingerprint density at radius 3 is 1.02 bits per heavy atom. The first-order valence-electron chi connectivity index (χ1n) is 35.2. The van der Waals surface area contributed by atoms with Gasteiger partial charge < -0.3 is 9.68 Å². The molecule has 0 saturated carbocycles. The van der Waals surface area contributed by atoms with Crippen molar-refractivity contribution in [3.63, 3.8) is 0 Å². The second-order valence-corrected chi connectivity index (χ2v) is 29.1. The second-order valence-electron chi connectivity index (χ2n) is 28.2. The zero-order valence-corrected chi connectivity index (χ0v) is 58.7. The van der Waals surface area contributed by atoms with Gasteiger partial charge in [0.15, 0.2) is 0 Å². The summed E-state index contributed by atoms with van der Waals surface area (Å²) in [5, 5.41) is 29.4. The molecule has 102 heavy (non-hydrogen) atoms. The Kier molecular flexibility index (Phi) is 15.5. The molecule has 18 aromatic carbocycles. The molecule has 0 fully saturated rings. The first-order valence-corrected chi connectivity index (χ1v) is 36.0. The van der Waals surface area contributed by atoms with Gasteiger partial charge in [0.2, 0.25) is 0 Å². The van der Waals surface area contributed by atoms with E-state index < -0.39 is 0 Å². The van der Waals surface area contributed by atoms with Crippen molar-refractivity contribution in [1.29, 1.82) is 0 Å². The summed E-state index contributed by atoms with van der Waals surface area (Å²) in [4.78, 5) is 0. The fourth-order valence-corrected chi connectivity index (χ4v) is 17.5. The largest absolute Gasteiger partial charge is 0.569 e. The van der Waals surface area contributed by atoms with Crippen molar-refractivity contribution in [3.8, 4) is 83.6 Å². The molecule has 20 rings (SSSR count). The lowest BCUT2D eigenvalue weighted by Crippen LogP contribution is -2.14. The number of halogens is 1. The quantitative estimate of drug-likeness (QED) is 0.127.